The fraction of sp³-hybridized carbons (Fsp3) is 0.542. The molecule has 8 nitrogen and oxygen atoms in total. The summed E-state index contributed by atoms with van der Waals surface area (Å²) in [6.07, 6.45) is 3.41. The summed E-state index contributed by atoms with van der Waals surface area (Å²) in [6.45, 7) is 4.28. The average Bonchev–Trinajstić information content (AvgIpc) is 2.82. The van der Waals surface area contributed by atoms with Gasteiger partial charge in [0.05, 0.1) is 0 Å². The maximum absolute atomic E-state index is 12.9. The van der Waals surface area contributed by atoms with Gasteiger partial charge >= 0.3 is 5.69 Å². The summed E-state index contributed by atoms with van der Waals surface area (Å²) in [7, 11) is 3.16. The van der Waals surface area contributed by atoms with Gasteiger partial charge in [-0.3, -0.25) is 23.6 Å². The van der Waals surface area contributed by atoms with Crippen LogP contribution in [0.3, 0.4) is 0 Å². The van der Waals surface area contributed by atoms with E-state index in [1.54, 1.807) is 7.05 Å². The van der Waals surface area contributed by atoms with Crippen LogP contribution in [-0.2, 0) is 25.4 Å². The highest BCUT2D eigenvalue weighted by atomic mass is 16.2. The molecule has 1 amide bonds. The SMILES string of the molecule is Cn1c(N2CCC(C(=O)NC3CCN(Cc4ccccc4)CC3)CC2)cc(=O)n(C)c1=O. The summed E-state index contributed by atoms with van der Waals surface area (Å²) in [6, 6.07) is 12.2. The molecule has 2 aliphatic rings. The second-order valence-electron chi connectivity index (χ2n) is 9.05. The molecule has 1 aromatic heterocycles. The van der Waals surface area contributed by atoms with E-state index in [9.17, 15) is 14.4 Å². The smallest absolute Gasteiger partial charge is 0.332 e. The highest BCUT2D eigenvalue weighted by Gasteiger charge is 2.29. The van der Waals surface area contributed by atoms with Gasteiger partial charge < -0.3 is 10.2 Å². The normalized spacial score (nSPS) is 18.6. The Morgan fingerprint density at radius 3 is 2.25 bits per heavy atom. The van der Waals surface area contributed by atoms with Crippen molar-refractivity contribution >= 4 is 11.7 Å². The van der Waals surface area contributed by atoms with E-state index in [-0.39, 0.29) is 29.1 Å². The van der Waals surface area contributed by atoms with E-state index in [4.69, 9.17) is 0 Å². The Morgan fingerprint density at radius 2 is 1.59 bits per heavy atom. The van der Waals surface area contributed by atoms with Crippen molar-refractivity contribution in [3.05, 3.63) is 62.8 Å². The number of hydrogen-bond donors (Lipinski definition) is 1. The van der Waals surface area contributed by atoms with Gasteiger partial charge in [0.1, 0.15) is 5.82 Å². The molecule has 2 saturated heterocycles. The van der Waals surface area contributed by atoms with Crippen molar-refractivity contribution < 1.29 is 4.79 Å². The standard InChI is InChI=1S/C24H33N5O3/c1-26-21(16-22(30)27(2)24(26)32)29-14-8-19(9-15-29)23(31)25-20-10-12-28(13-11-20)17-18-6-4-3-5-7-18/h3-7,16,19-20H,8-15,17H2,1-2H3,(H,25,31). The summed E-state index contributed by atoms with van der Waals surface area (Å²) in [4.78, 5) is 41.6. The Balaban J connectivity index is 1.25. The number of hydrogen-bond acceptors (Lipinski definition) is 5. The molecule has 1 aromatic carbocycles. The number of piperidine rings is 2. The van der Waals surface area contributed by atoms with E-state index in [2.05, 4.69) is 34.5 Å². The first-order valence-electron chi connectivity index (χ1n) is 11.5. The maximum atomic E-state index is 12.9. The van der Waals surface area contributed by atoms with Gasteiger partial charge in [0, 0.05) is 64.8 Å². The van der Waals surface area contributed by atoms with Crippen molar-refractivity contribution in [2.24, 2.45) is 20.0 Å². The lowest BCUT2D eigenvalue weighted by molar-refractivity contribution is -0.126. The molecule has 2 aromatic rings. The molecule has 172 valence electrons. The molecule has 1 N–H and O–H groups in total. The van der Waals surface area contributed by atoms with Crippen LogP contribution in [0.2, 0.25) is 0 Å². The highest BCUT2D eigenvalue weighted by Crippen LogP contribution is 2.22. The van der Waals surface area contributed by atoms with E-state index in [0.29, 0.717) is 18.9 Å². The van der Waals surface area contributed by atoms with E-state index >= 15 is 0 Å². The zero-order valence-corrected chi connectivity index (χ0v) is 19.0. The molecule has 0 atom stereocenters. The van der Waals surface area contributed by atoms with Gasteiger partial charge in [-0.1, -0.05) is 30.3 Å². The van der Waals surface area contributed by atoms with Gasteiger partial charge in [-0.25, -0.2) is 4.79 Å². The van der Waals surface area contributed by atoms with Gasteiger partial charge in [-0.2, -0.15) is 0 Å². The summed E-state index contributed by atoms with van der Waals surface area (Å²) in [5, 5.41) is 3.27. The minimum atomic E-state index is -0.328. The van der Waals surface area contributed by atoms with Crippen LogP contribution in [0.5, 0.6) is 0 Å². The molecule has 0 spiro atoms. The van der Waals surface area contributed by atoms with Crippen LogP contribution < -0.4 is 21.5 Å². The number of aromatic nitrogens is 2. The topological polar surface area (TPSA) is 79.6 Å². The van der Waals surface area contributed by atoms with Crippen LogP contribution in [-0.4, -0.2) is 52.2 Å². The average molecular weight is 440 g/mol. The zero-order chi connectivity index (χ0) is 22.7. The third-order valence-electron chi connectivity index (χ3n) is 6.87. The third kappa shape index (κ3) is 4.96. The van der Waals surface area contributed by atoms with E-state index in [0.717, 1.165) is 49.9 Å². The summed E-state index contributed by atoms with van der Waals surface area (Å²) >= 11 is 0. The number of anilines is 1. The second-order valence-corrected chi connectivity index (χ2v) is 9.05. The van der Waals surface area contributed by atoms with E-state index in [1.807, 2.05) is 11.0 Å². The van der Waals surface area contributed by atoms with Crippen LogP contribution in [0, 0.1) is 5.92 Å². The molecule has 0 unspecified atom stereocenters. The first kappa shape index (κ1) is 22.3. The lowest BCUT2D eigenvalue weighted by atomic mass is 9.94. The molecule has 8 heteroatoms. The van der Waals surface area contributed by atoms with Gasteiger partial charge in [-0.15, -0.1) is 0 Å². The van der Waals surface area contributed by atoms with Crippen molar-refractivity contribution in [3.63, 3.8) is 0 Å². The number of carbonyl (C=O) groups is 1. The van der Waals surface area contributed by atoms with Crippen molar-refractivity contribution in [3.8, 4) is 0 Å². The van der Waals surface area contributed by atoms with Gasteiger partial charge in [0.15, 0.2) is 0 Å². The predicted molar refractivity (Wildman–Crippen MR) is 125 cm³/mol. The molecule has 2 aliphatic heterocycles. The largest absolute Gasteiger partial charge is 0.358 e. The lowest BCUT2D eigenvalue weighted by Crippen LogP contribution is -2.48. The van der Waals surface area contributed by atoms with Crippen LogP contribution in [0.1, 0.15) is 31.2 Å². The first-order chi connectivity index (χ1) is 15.4. The molecule has 4 rings (SSSR count). The molecule has 0 saturated carbocycles. The molecular formula is C24H33N5O3. The predicted octanol–water partition coefficient (Wildman–Crippen LogP) is 1.08. The van der Waals surface area contributed by atoms with Gasteiger partial charge in [0.25, 0.3) is 5.56 Å². The van der Waals surface area contributed by atoms with E-state index in [1.165, 1.54) is 23.2 Å². The highest BCUT2D eigenvalue weighted by molar-refractivity contribution is 5.79. The van der Waals surface area contributed by atoms with Crippen LogP contribution in [0.4, 0.5) is 5.82 Å². The van der Waals surface area contributed by atoms with Crippen molar-refractivity contribution in [1.82, 2.24) is 19.4 Å². The summed E-state index contributed by atoms with van der Waals surface area (Å²) in [5.74, 6) is 0.754. The monoisotopic (exact) mass is 439 g/mol. The minimum Gasteiger partial charge on any atom is -0.358 e. The summed E-state index contributed by atoms with van der Waals surface area (Å²) < 4.78 is 2.61. The third-order valence-corrected chi connectivity index (χ3v) is 6.87. The summed E-state index contributed by atoms with van der Waals surface area (Å²) in [5.41, 5.74) is 0.697. The Morgan fingerprint density at radius 1 is 0.938 bits per heavy atom. The molecule has 0 aliphatic carbocycles. The van der Waals surface area contributed by atoms with Crippen LogP contribution >= 0.6 is 0 Å². The lowest BCUT2D eigenvalue weighted by Gasteiger charge is -2.36. The van der Waals surface area contributed by atoms with Gasteiger partial charge in [0.2, 0.25) is 5.91 Å². The van der Waals surface area contributed by atoms with Crippen LogP contribution in [0.25, 0.3) is 0 Å². The fourth-order valence-electron chi connectivity index (χ4n) is 4.79. The molecule has 0 radical (unpaired) electrons. The molecule has 32 heavy (non-hydrogen) atoms. The number of amides is 1. The van der Waals surface area contributed by atoms with Crippen molar-refractivity contribution in [1.29, 1.82) is 0 Å². The number of benzene rings is 1. The number of nitrogens with zero attached hydrogens (tertiary/aromatic N) is 4. The Kier molecular flexibility index (Phi) is 6.79. The number of likely N-dealkylation sites (tertiary alicyclic amines) is 1. The molecule has 0 bridgehead atoms. The first-order valence-corrected chi connectivity index (χ1v) is 11.5. The van der Waals surface area contributed by atoms with Gasteiger partial charge in [-0.05, 0) is 31.2 Å². The van der Waals surface area contributed by atoms with E-state index < -0.39 is 0 Å². The molecular weight excluding hydrogens is 406 g/mol. The minimum absolute atomic E-state index is 0.0165. The Labute approximate surface area is 188 Å². The van der Waals surface area contributed by atoms with Crippen molar-refractivity contribution in [2.75, 3.05) is 31.1 Å². The number of nitrogens with one attached hydrogen (secondary N) is 1. The number of carbonyl (C=O) groups excluding carboxylic acids is 1. The number of rotatable bonds is 5. The Bertz CT molecular complexity index is 1050. The van der Waals surface area contributed by atoms with Crippen LogP contribution in [0.15, 0.2) is 46.0 Å². The molecule has 3 heterocycles. The second kappa shape index (κ2) is 9.73. The molecule has 2 fully saturated rings. The quantitative estimate of drug-likeness (QED) is 0.754. The van der Waals surface area contributed by atoms with Crippen molar-refractivity contribution in [2.45, 2.75) is 38.3 Å². The zero-order valence-electron chi connectivity index (χ0n) is 19.0. The Hall–Kier alpha value is -2.87. The maximum Gasteiger partial charge on any atom is 0.332 e. The fourth-order valence-corrected chi connectivity index (χ4v) is 4.79.